The van der Waals surface area contributed by atoms with Crippen LogP contribution in [0.5, 0.6) is 5.75 Å². The van der Waals surface area contributed by atoms with Crippen LogP contribution in [-0.4, -0.2) is 47.2 Å². The molecule has 0 aromatic heterocycles. The molecule has 6 heteroatoms. The van der Waals surface area contributed by atoms with Gasteiger partial charge in [-0.1, -0.05) is 41.9 Å². The van der Waals surface area contributed by atoms with Crippen LogP contribution < -0.4 is 10.1 Å². The third-order valence-corrected chi connectivity index (χ3v) is 7.00. The number of fused-ring (bicyclic) bond motifs is 1. The minimum atomic E-state index is -0.855. The lowest BCUT2D eigenvalue weighted by atomic mass is 9.99. The number of hydrogen-bond acceptors (Lipinski definition) is 4. The van der Waals surface area contributed by atoms with Crippen molar-refractivity contribution in [1.82, 2.24) is 10.2 Å². The molecule has 4 rings (SSSR count). The van der Waals surface area contributed by atoms with Gasteiger partial charge in [0.05, 0.1) is 11.1 Å². The average molecular weight is 485 g/mol. The number of aliphatic hydroxyl groups is 1. The van der Waals surface area contributed by atoms with E-state index in [0.717, 1.165) is 38.8 Å². The Bertz CT molecular complexity index is 972. The lowest BCUT2D eigenvalue weighted by Crippen LogP contribution is -2.47. The molecule has 1 aliphatic carbocycles. The topological polar surface area (TPSA) is 61.8 Å². The molecule has 5 nitrogen and oxygen atoms in total. The van der Waals surface area contributed by atoms with Crippen molar-refractivity contribution < 1.29 is 14.6 Å². The van der Waals surface area contributed by atoms with Crippen molar-refractivity contribution in [2.45, 2.75) is 70.6 Å². The van der Waals surface area contributed by atoms with Crippen molar-refractivity contribution in [3.05, 3.63) is 64.2 Å². The molecule has 0 radical (unpaired) electrons. The van der Waals surface area contributed by atoms with Gasteiger partial charge in [0.15, 0.2) is 0 Å². The van der Waals surface area contributed by atoms with Gasteiger partial charge in [-0.15, -0.1) is 0 Å². The van der Waals surface area contributed by atoms with Gasteiger partial charge in [0.25, 0.3) is 0 Å². The first-order chi connectivity index (χ1) is 16.2. The number of amides is 1. The van der Waals surface area contributed by atoms with Crippen LogP contribution in [0, 0.1) is 5.92 Å². The van der Waals surface area contributed by atoms with Crippen molar-refractivity contribution in [3.8, 4) is 5.75 Å². The fourth-order valence-electron chi connectivity index (χ4n) is 5.14. The van der Waals surface area contributed by atoms with Crippen LogP contribution in [0.3, 0.4) is 0 Å². The zero-order valence-corrected chi connectivity index (χ0v) is 21.3. The fourth-order valence-corrected chi connectivity index (χ4v) is 5.36. The Hall–Kier alpha value is -2.08. The SMILES string of the molecule is CC(C)(C)Oc1ccc([C@@H](O)[C@@H](CN2CCCC2)NC(=O)CC2Cc3ccccc3C2)cc1Cl. The number of ether oxygens (including phenoxy) is 1. The van der Waals surface area contributed by atoms with Gasteiger partial charge in [-0.05, 0) is 94.3 Å². The molecule has 1 heterocycles. The molecule has 2 aromatic carbocycles. The molecule has 184 valence electrons. The quantitative estimate of drug-likeness (QED) is 0.557. The van der Waals surface area contributed by atoms with Gasteiger partial charge in [-0.25, -0.2) is 0 Å². The number of carbonyl (C=O) groups excluding carboxylic acids is 1. The molecular weight excluding hydrogens is 448 g/mol. The smallest absolute Gasteiger partial charge is 0.220 e. The van der Waals surface area contributed by atoms with E-state index in [4.69, 9.17) is 16.3 Å². The normalized spacial score (nSPS) is 18.5. The van der Waals surface area contributed by atoms with Crippen molar-refractivity contribution in [2.75, 3.05) is 19.6 Å². The molecule has 0 unspecified atom stereocenters. The highest BCUT2D eigenvalue weighted by Crippen LogP contribution is 2.32. The third-order valence-electron chi connectivity index (χ3n) is 6.70. The Kier molecular flexibility index (Phi) is 7.86. The molecule has 2 aromatic rings. The maximum Gasteiger partial charge on any atom is 0.220 e. The Labute approximate surface area is 208 Å². The summed E-state index contributed by atoms with van der Waals surface area (Å²) in [6.07, 6.45) is 3.80. The number of hydrogen-bond donors (Lipinski definition) is 2. The van der Waals surface area contributed by atoms with Crippen LogP contribution in [0.4, 0.5) is 0 Å². The fraction of sp³-hybridized carbons (Fsp3) is 0.536. The van der Waals surface area contributed by atoms with E-state index in [1.165, 1.54) is 11.1 Å². The largest absolute Gasteiger partial charge is 0.487 e. The lowest BCUT2D eigenvalue weighted by molar-refractivity contribution is -0.123. The summed E-state index contributed by atoms with van der Waals surface area (Å²) in [6, 6.07) is 13.4. The number of rotatable bonds is 8. The van der Waals surface area contributed by atoms with E-state index in [1.54, 1.807) is 12.1 Å². The molecule has 34 heavy (non-hydrogen) atoms. The van der Waals surface area contributed by atoms with E-state index in [2.05, 4.69) is 34.5 Å². The second-order valence-corrected chi connectivity index (χ2v) is 11.2. The predicted octanol–water partition coefficient (Wildman–Crippen LogP) is 4.94. The summed E-state index contributed by atoms with van der Waals surface area (Å²) >= 11 is 6.48. The number of nitrogens with zero attached hydrogens (tertiary/aromatic N) is 1. The summed E-state index contributed by atoms with van der Waals surface area (Å²) in [5.74, 6) is 0.899. The molecule has 1 saturated heterocycles. The summed E-state index contributed by atoms with van der Waals surface area (Å²) in [4.78, 5) is 15.4. The lowest BCUT2D eigenvalue weighted by Gasteiger charge is -2.29. The van der Waals surface area contributed by atoms with Crippen LogP contribution >= 0.6 is 11.6 Å². The molecule has 2 aliphatic rings. The average Bonchev–Trinajstić information content (AvgIpc) is 3.42. The summed E-state index contributed by atoms with van der Waals surface area (Å²) in [6.45, 7) is 8.52. The van der Waals surface area contributed by atoms with Crippen molar-refractivity contribution in [3.63, 3.8) is 0 Å². The number of halogens is 1. The minimum absolute atomic E-state index is 0.000152. The van der Waals surface area contributed by atoms with Crippen LogP contribution in [-0.2, 0) is 17.6 Å². The number of nitrogens with one attached hydrogen (secondary N) is 1. The first kappa shape index (κ1) is 25.0. The second-order valence-electron chi connectivity index (χ2n) is 10.8. The standard InChI is InChI=1S/C28H37ClN2O3/c1-28(2,3)34-25-11-10-22(17-23(25)29)27(33)24(18-31-12-6-7-13-31)30-26(32)16-19-14-20-8-4-5-9-21(20)15-19/h4-5,8-11,17,19,24,27,33H,6-7,12-16,18H2,1-3H3,(H,30,32)/t24-,27-/m1/s1. The predicted molar refractivity (Wildman–Crippen MR) is 136 cm³/mol. The van der Waals surface area contributed by atoms with Crippen molar-refractivity contribution in [1.29, 1.82) is 0 Å². The molecule has 2 N–H and O–H groups in total. The molecule has 1 amide bonds. The minimum Gasteiger partial charge on any atom is -0.487 e. The second kappa shape index (κ2) is 10.7. The Morgan fingerprint density at radius 3 is 2.38 bits per heavy atom. The highest BCUT2D eigenvalue weighted by atomic mass is 35.5. The molecule has 1 aliphatic heterocycles. The summed E-state index contributed by atoms with van der Waals surface area (Å²) < 4.78 is 5.91. The van der Waals surface area contributed by atoms with E-state index in [-0.39, 0.29) is 11.5 Å². The molecule has 2 atom stereocenters. The van der Waals surface area contributed by atoms with Crippen LogP contribution in [0.15, 0.2) is 42.5 Å². The first-order valence-corrected chi connectivity index (χ1v) is 12.8. The van der Waals surface area contributed by atoms with Gasteiger partial charge >= 0.3 is 0 Å². The van der Waals surface area contributed by atoms with Gasteiger partial charge < -0.3 is 20.1 Å². The van der Waals surface area contributed by atoms with E-state index in [0.29, 0.717) is 35.2 Å². The number of carbonyl (C=O) groups is 1. The van der Waals surface area contributed by atoms with E-state index in [9.17, 15) is 9.90 Å². The summed E-state index contributed by atoms with van der Waals surface area (Å²) in [7, 11) is 0. The molecular formula is C28H37ClN2O3. The number of aliphatic hydroxyl groups excluding tert-OH is 1. The van der Waals surface area contributed by atoms with E-state index < -0.39 is 12.1 Å². The van der Waals surface area contributed by atoms with Crippen LogP contribution in [0.1, 0.15) is 62.8 Å². The third kappa shape index (κ3) is 6.53. The number of benzene rings is 2. The van der Waals surface area contributed by atoms with Crippen LogP contribution in [0.2, 0.25) is 5.02 Å². The van der Waals surface area contributed by atoms with Gasteiger partial charge in [-0.2, -0.15) is 0 Å². The molecule has 1 fully saturated rings. The number of likely N-dealkylation sites (tertiary alicyclic amines) is 1. The van der Waals surface area contributed by atoms with E-state index >= 15 is 0 Å². The van der Waals surface area contributed by atoms with Crippen LogP contribution in [0.25, 0.3) is 0 Å². The Balaban J connectivity index is 1.44. The zero-order chi connectivity index (χ0) is 24.3. The first-order valence-electron chi connectivity index (χ1n) is 12.4. The highest BCUT2D eigenvalue weighted by Gasteiger charge is 2.29. The molecule has 0 spiro atoms. The Morgan fingerprint density at radius 2 is 1.79 bits per heavy atom. The zero-order valence-electron chi connectivity index (χ0n) is 20.5. The van der Waals surface area contributed by atoms with Crippen molar-refractivity contribution in [2.24, 2.45) is 5.92 Å². The summed E-state index contributed by atoms with van der Waals surface area (Å²) in [5.41, 5.74) is 3.02. The van der Waals surface area contributed by atoms with Crippen molar-refractivity contribution >= 4 is 17.5 Å². The monoisotopic (exact) mass is 484 g/mol. The van der Waals surface area contributed by atoms with Gasteiger partial charge in [0.1, 0.15) is 17.5 Å². The molecule has 0 bridgehead atoms. The van der Waals surface area contributed by atoms with Gasteiger partial charge in [0.2, 0.25) is 5.91 Å². The maximum atomic E-state index is 13.1. The maximum absolute atomic E-state index is 13.1. The Morgan fingerprint density at radius 1 is 1.15 bits per heavy atom. The van der Waals surface area contributed by atoms with Gasteiger partial charge in [-0.3, -0.25) is 4.79 Å². The van der Waals surface area contributed by atoms with E-state index in [1.807, 2.05) is 26.8 Å². The highest BCUT2D eigenvalue weighted by molar-refractivity contribution is 6.32. The van der Waals surface area contributed by atoms with Gasteiger partial charge in [0, 0.05) is 13.0 Å². The molecule has 0 saturated carbocycles. The summed E-state index contributed by atoms with van der Waals surface area (Å²) in [5, 5.41) is 14.9.